The van der Waals surface area contributed by atoms with Crippen molar-refractivity contribution in [3.8, 4) is 11.4 Å². The Morgan fingerprint density at radius 1 is 1.03 bits per heavy atom. The number of phenols is 1. The molecular formula is C27H35N3O3S2. The van der Waals surface area contributed by atoms with Gasteiger partial charge in [-0.25, -0.2) is 4.79 Å². The maximum absolute atomic E-state index is 11.3. The van der Waals surface area contributed by atoms with Crippen molar-refractivity contribution in [3.63, 3.8) is 0 Å². The molecule has 35 heavy (non-hydrogen) atoms. The van der Waals surface area contributed by atoms with Gasteiger partial charge in [0, 0.05) is 11.0 Å². The lowest BCUT2D eigenvalue weighted by Gasteiger charge is -2.10. The van der Waals surface area contributed by atoms with Gasteiger partial charge < -0.3 is 9.84 Å². The summed E-state index contributed by atoms with van der Waals surface area (Å²) >= 11 is 3.49. The Hall–Kier alpha value is -2.45. The second-order valence-electron chi connectivity index (χ2n) is 8.40. The number of aryl methyl sites for hydroxylation is 1. The number of esters is 1. The molecule has 0 radical (unpaired) electrons. The molecule has 0 saturated carbocycles. The van der Waals surface area contributed by atoms with E-state index in [1.807, 2.05) is 36.9 Å². The quantitative estimate of drug-likeness (QED) is 0.107. The van der Waals surface area contributed by atoms with Crippen molar-refractivity contribution in [2.45, 2.75) is 69.1 Å². The van der Waals surface area contributed by atoms with Gasteiger partial charge >= 0.3 is 5.97 Å². The summed E-state index contributed by atoms with van der Waals surface area (Å²) in [6.45, 7) is 6.49. The first-order chi connectivity index (χ1) is 17.0. The Morgan fingerprint density at radius 3 is 2.60 bits per heavy atom. The van der Waals surface area contributed by atoms with Gasteiger partial charge in [-0.05, 0) is 80.5 Å². The van der Waals surface area contributed by atoms with Crippen molar-refractivity contribution in [2.24, 2.45) is 0 Å². The normalized spacial score (nSPS) is 11.5. The molecule has 0 fully saturated rings. The average molecular weight is 514 g/mol. The minimum atomic E-state index is -0.265. The van der Waals surface area contributed by atoms with Crippen LogP contribution in [0.4, 0.5) is 0 Å². The third kappa shape index (κ3) is 8.32. The van der Waals surface area contributed by atoms with Crippen LogP contribution in [0.1, 0.15) is 57.9 Å². The van der Waals surface area contributed by atoms with Crippen LogP contribution in [0, 0.1) is 6.92 Å². The molecule has 0 saturated heterocycles. The van der Waals surface area contributed by atoms with E-state index in [4.69, 9.17) is 4.74 Å². The number of benzene rings is 2. The predicted molar refractivity (Wildman–Crippen MR) is 146 cm³/mol. The molecule has 0 unspecified atom stereocenters. The topological polar surface area (TPSA) is 77.2 Å². The number of aromatic nitrogens is 3. The number of hydrogen-bond acceptors (Lipinski definition) is 7. The number of aromatic hydroxyl groups is 1. The molecule has 1 N–H and O–H groups in total. The SMILES string of the molecule is C/C=C/C(=O)OCCCCCCSc1ccc2nn(-c3cc(C)cc(SCCCC)c3O)nc2c1. The first-order valence-corrected chi connectivity index (χ1v) is 14.2. The fourth-order valence-corrected chi connectivity index (χ4v) is 5.62. The highest BCUT2D eigenvalue weighted by Gasteiger charge is 2.14. The van der Waals surface area contributed by atoms with Crippen LogP contribution >= 0.6 is 23.5 Å². The number of hydrogen-bond donors (Lipinski definition) is 1. The van der Waals surface area contributed by atoms with E-state index in [2.05, 4.69) is 29.3 Å². The fourth-order valence-electron chi connectivity index (χ4n) is 3.51. The zero-order chi connectivity index (χ0) is 25.0. The molecule has 0 bridgehead atoms. The Kier molecular flexibility index (Phi) is 11.0. The van der Waals surface area contributed by atoms with E-state index in [0.717, 1.165) is 76.4 Å². The summed E-state index contributed by atoms with van der Waals surface area (Å²) in [5, 5.41) is 20.1. The number of carbonyl (C=O) groups is 1. The van der Waals surface area contributed by atoms with E-state index in [-0.39, 0.29) is 11.7 Å². The molecule has 2 aromatic carbocycles. The monoisotopic (exact) mass is 513 g/mol. The highest BCUT2D eigenvalue weighted by molar-refractivity contribution is 7.99. The van der Waals surface area contributed by atoms with Crippen LogP contribution in [0.2, 0.25) is 0 Å². The summed E-state index contributed by atoms with van der Waals surface area (Å²) in [7, 11) is 0. The number of phenolic OH excluding ortho intramolecular Hbond substituents is 1. The summed E-state index contributed by atoms with van der Waals surface area (Å²) in [4.78, 5) is 14.9. The molecule has 188 valence electrons. The maximum Gasteiger partial charge on any atom is 0.330 e. The summed E-state index contributed by atoms with van der Waals surface area (Å²) in [6.07, 6.45) is 9.54. The van der Waals surface area contributed by atoms with Crippen LogP contribution in [0.25, 0.3) is 16.7 Å². The number of thioether (sulfide) groups is 2. The standard InChI is InChI=1S/C27H35N3O3S2/c1-4-6-15-35-25-18-20(3)17-24(27(25)32)30-28-22-13-12-21(19-23(22)29-30)34-16-10-8-7-9-14-33-26(31)11-5-2/h5,11-13,17-19,32H,4,6-10,14-16H2,1-3H3/b11-5+. The fraction of sp³-hybridized carbons (Fsp3) is 0.444. The molecule has 0 amide bonds. The second kappa shape index (κ2) is 14.2. The van der Waals surface area contributed by atoms with E-state index in [1.165, 1.54) is 6.08 Å². The van der Waals surface area contributed by atoms with E-state index in [1.54, 1.807) is 29.6 Å². The van der Waals surface area contributed by atoms with Gasteiger partial charge in [0.2, 0.25) is 0 Å². The zero-order valence-electron chi connectivity index (χ0n) is 20.8. The smallest absolute Gasteiger partial charge is 0.330 e. The van der Waals surface area contributed by atoms with Crippen LogP contribution in [0.3, 0.4) is 0 Å². The number of allylic oxidation sites excluding steroid dienone is 1. The number of rotatable bonds is 14. The van der Waals surface area contributed by atoms with Crippen LogP contribution in [-0.2, 0) is 9.53 Å². The van der Waals surface area contributed by atoms with Crippen LogP contribution in [0.15, 0.2) is 52.3 Å². The van der Waals surface area contributed by atoms with Gasteiger partial charge in [-0.2, -0.15) is 0 Å². The van der Waals surface area contributed by atoms with Crippen molar-refractivity contribution >= 4 is 40.5 Å². The Morgan fingerprint density at radius 2 is 1.80 bits per heavy atom. The van der Waals surface area contributed by atoms with Gasteiger partial charge in [-0.3, -0.25) is 0 Å². The number of fused-ring (bicyclic) bond motifs is 1. The lowest BCUT2D eigenvalue weighted by atomic mass is 10.2. The molecule has 8 heteroatoms. The van der Waals surface area contributed by atoms with Crippen LogP contribution < -0.4 is 0 Å². The highest BCUT2D eigenvalue weighted by atomic mass is 32.2. The first kappa shape index (κ1) is 27.1. The molecular weight excluding hydrogens is 478 g/mol. The Labute approximate surface area is 216 Å². The van der Waals surface area contributed by atoms with Crippen molar-refractivity contribution in [1.29, 1.82) is 0 Å². The summed E-state index contributed by atoms with van der Waals surface area (Å²) in [5.41, 5.74) is 3.32. The van der Waals surface area contributed by atoms with Gasteiger partial charge in [0.15, 0.2) is 5.75 Å². The van der Waals surface area contributed by atoms with E-state index in [0.29, 0.717) is 12.3 Å². The second-order valence-corrected chi connectivity index (χ2v) is 10.7. The molecule has 0 aliphatic carbocycles. The van der Waals surface area contributed by atoms with Gasteiger partial charge in [0.05, 0.1) is 11.5 Å². The molecule has 1 heterocycles. The lowest BCUT2D eigenvalue weighted by Crippen LogP contribution is -2.01. The number of carbonyl (C=O) groups excluding carboxylic acids is 1. The van der Waals surface area contributed by atoms with Crippen molar-refractivity contribution < 1.29 is 14.6 Å². The van der Waals surface area contributed by atoms with Gasteiger partial charge in [-0.15, -0.1) is 38.5 Å². The molecule has 1 aromatic heterocycles. The summed E-state index contributed by atoms with van der Waals surface area (Å²) in [6, 6.07) is 10.1. The first-order valence-electron chi connectivity index (χ1n) is 12.3. The minimum absolute atomic E-state index is 0.239. The molecule has 3 rings (SSSR count). The number of ether oxygens (including phenoxy) is 1. The maximum atomic E-state index is 11.3. The van der Waals surface area contributed by atoms with Crippen molar-refractivity contribution in [2.75, 3.05) is 18.1 Å². The largest absolute Gasteiger partial charge is 0.505 e. The van der Waals surface area contributed by atoms with E-state index < -0.39 is 0 Å². The van der Waals surface area contributed by atoms with Gasteiger partial charge in [-0.1, -0.05) is 32.3 Å². The molecule has 0 aliphatic rings. The molecule has 0 spiro atoms. The average Bonchev–Trinajstić information content (AvgIpc) is 3.26. The zero-order valence-corrected chi connectivity index (χ0v) is 22.5. The van der Waals surface area contributed by atoms with Gasteiger partial charge in [0.25, 0.3) is 0 Å². The Balaban J connectivity index is 1.54. The van der Waals surface area contributed by atoms with E-state index in [9.17, 15) is 9.90 Å². The molecule has 3 aromatic rings. The Bertz CT molecular complexity index is 1140. The predicted octanol–water partition coefficient (Wildman–Crippen LogP) is 7.10. The summed E-state index contributed by atoms with van der Waals surface area (Å²) in [5.74, 6) is 1.98. The molecule has 0 atom stereocenters. The lowest BCUT2D eigenvalue weighted by molar-refractivity contribution is -0.137. The number of nitrogens with zero attached hydrogens (tertiary/aromatic N) is 3. The van der Waals surface area contributed by atoms with Crippen molar-refractivity contribution in [3.05, 3.63) is 48.0 Å². The molecule has 6 nitrogen and oxygen atoms in total. The number of unbranched alkanes of at least 4 members (excludes halogenated alkanes) is 4. The minimum Gasteiger partial charge on any atom is -0.505 e. The third-order valence-corrected chi connectivity index (χ3v) is 7.57. The van der Waals surface area contributed by atoms with Gasteiger partial charge in [0.1, 0.15) is 16.7 Å². The molecule has 0 aliphatic heterocycles. The van der Waals surface area contributed by atoms with Crippen LogP contribution in [0.5, 0.6) is 5.75 Å². The summed E-state index contributed by atoms with van der Waals surface area (Å²) < 4.78 is 5.11. The third-order valence-electron chi connectivity index (χ3n) is 5.38. The van der Waals surface area contributed by atoms with E-state index >= 15 is 0 Å². The van der Waals surface area contributed by atoms with Crippen molar-refractivity contribution in [1.82, 2.24) is 15.0 Å². The van der Waals surface area contributed by atoms with Crippen LogP contribution in [-0.4, -0.2) is 44.2 Å². The highest BCUT2D eigenvalue weighted by Crippen LogP contribution is 2.35.